The quantitative estimate of drug-likeness (QED) is 0.515. The van der Waals surface area contributed by atoms with Crippen molar-refractivity contribution in [3.63, 3.8) is 0 Å². The third kappa shape index (κ3) is 4.22. The number of rotatable bonds is 7. The Morgan fingerprint density at radius 1 is 1.05 bits per heavy atom. The highest BCUT2D eigenvalue weighted by Gasteiger charge is 2.17. The van der Waals surface area contributed by atoms with E-state index < -0.39 is 0 Å². The summed E-state index contributed by atoms with van der Waals surface area (Å²) in [6.07, 6.45) is 0. The van der Waals surface area contributed by atoms with Crippen LogP contribution >= 0.6 is 0 Å². The maximum atomic E-state index is 7.89. The summed E-state index contributed by atoms with van der Waals surface area (Å²) < 4.78 is 5.22. The van der Waals surface area contributed by atoms with Gasteiger partial charge in [-0.3, -0.25) is 10.3 Å². The van der Waals surface area contributed by atoms with Crippen LogP contribution in [0.4, 0.5) is 17.8 Å². The molecule has 0 aromatic carbocycles. The molecule has 1 aromatic heterocycles. The first-order chi connectivity index (χ1) is 9.65. The van der Waals surface area contributed by atoms with Crippen LogP contribution in [0.25, 0.3) is 0 Å². The number of nitrogens with one attached hydrogen (secondary N) is 3. The molecule has 0 aliphatic carbocycles. The fourth-order valence-corrected chi connectivity index (χ4v) is 1.55. The van der Waals surface area contributed by atoms with Gasteiger partial charge in [0.25, 0.3) is 6.02 Å². The molecule has 1 aromatic rings. The first kappa shape index (κ1) is 15.9. The van der Waals surface area contributed by atoms with Crippen LogP contribution < -0.4 is 15.5 Å². The molecule has 0 aliphatic heterocycles. The van der Waals surface area contributed by atoms with Gasteiger partial charge in [-0.1, -0.05) is 0 Å². The molecular weight excluding hydrogens is 258 g/mol. The first-order valence-electron chi connectivity index (χ1n) is 6.88. The molecule has 0 unspecified atom stereocenters. The molecule has 0 bridgehead atoms. The number of hydrogen-bond acceptors (Lipinski definition) is 7. The highest BCUT2D eigenvalue weighted by Crippen LogP contribution is 2.14. The fourth-order valence-electron chi connectivity index (χ4n) is 1.55. The molecule has 0 atom stereocenters. The number of anilines is 3. The minimum atomic E-state index is 0.0334. The van der Waals surface area contributed by atoms with Crippen molar-refractivity contribution in [3.8, 4) is 0 Å². The third-order valence-electron chi connectivity index (χ3n) is 2.38. The Balaban J connectivity index is 3.08. The zero-order valence-corrected chi connectivity index (χ0v) is 12.5. The van der Waals surface area contributed by atoms with E-state index in [1.54, 1.807) is 4.90 Å². The number of amidine groups is 1. The minimum absolute atomic E-state index is 0.0334. The molecule has 0 saturated carbocycles. The van der Waals surface area contributed by atoms with E-state index in [1.165, 1.54) is 0 Å². The Labute approximate surface area is 119 Å². The average Bonchev–Trinajstić information content (AvgIpc) is 2.40. The molecular formula is C12H23N7O. The van der Waals surface area contributed by atoms with Gasteiger partial charge in [0, 0.05) is 19.6 Å². The molecule has 0 saturated heterocycles. The van der Waals surface area contributed by atoms with Crippen molar-refractivity contribution in [2.24, 2.45) is 0 Å². The highest BCUT2D eigenvalue weighted by molar-refractivity contribution is 5.87. The van der Waals surface area contributed by atoms with Crippen molar-refractivity contribution < 1.29 is 4.74 Å². The number of nitrogens with zero attached hydrogens (tertiary/aromatic N) is 4. The summed E-state index contributed by atoms with van der Waals surface area (Å²) in [5.41, 5.74) is 0. The second-order valence-corrected chi connectivity index (χ2v) is 3.83. The second-order valence-electron chi connectivity index (χ2n) is 3.83. The molecule has 1 heterocycles. The predicted molar refractivity (Wildman–Crippen MR) is 80.5 cm³/mol. The van der Waals surface area contributed by atoms with Crippen LogP contribution in [0.15, 0.2) is 0 Å². The first-order valence-corrected chi connectivity index (χ1v) is 6.88. The monoisotopic (exact) mass is 281 g/mol. The maximum absolute atomic E-state index is 7.89. The molecule has 8 heteroatoms. The predicted octanol–water partition coefficient (Wildman–Crippen LogP) is 1.53. The summed E-state index contributed by atoms with van der Waals surface area (Å²) in [5, 5.41) is 14.0. The summed E-state index contributed by atoms with van der Waals surface area (Å²) in [5.74, 6) is 1.36. The molecule has 1 rings (SSSR count). The Bertz CT molecular complexity index is 414. The van der Waals surface area contributed by atoms with Crippen LogP contribution in [0.3, 0.4) is 0 Å². The molecule has 0 fully saturated rings. The van der Waals surface area contributed by atoms with Gasteiger partial charge >= 0.3 is 0 Å². The van der Waals surface area contributed by atoms with Crippen molar-refractivity contribution in [2.75, 3.05) is 41.8 Å². The zero-order valence-electron chi connectivity index (χ0n) is 12.5. The lowest BCUT2D eigenvalue weighted by atomic mass is 10.6. The van der Waals surface area contributed by atoms with Crippen molar-refractivity contribution in [1.82, 2.24) is 15.0 Å². The zero-order chi connectivity index (χ0) is 15.0. The van der Waals surface area contributed by atoms with Crippen LogP contribution in [0.1, 0.15) is 27.7 Å². The van der Waals surface area contributed by atoms with Crippen LogP contribution in [-0.4, -0.2) is 47.2 Å². The maximum Gasteiger partial charge on any atom is 0.291 e. The Morgan fingerprint density at radius 3 is 2.00 bits per heavy atom. The molecule has 0 aliphatic rings. The normalized spacial score (nSPS) is 10.0. The van der Waals surface area contributed by atoms with Crippen LogP contribution in [0, 0.1) is 5.41 Å². The fraction of sp³-hybridized carbons (Fsp3) is 0.667. The molecule has 0 amide bonds. The van der Waals surface area contributed by atoms with Crippen molar-refractivity contribution in [1.29, 1.82) is 5.41 Å². The standard InChI is InChI=1S/C12H23N7O/c1-5-14-10-16-11(15-6-2)18-12(17-10)19(7-3)9(13)20-8-4/h13H,5-8H2,1-4H3,(H2,14,15,16,17,18). The van der Waals surface area contributed by atoms with Crippen LogP contribution in [-0.2, 0) is 4.74 Å². The van der Waals surface area contributed by atoms with E-state index in [2.05, 4.69) is 25.6 Å². The Morgan fingerprint density at radius 2 is 1.60 bits per heavy atom. The minimum Gasteiger partial charge on any atom is -0.465 e. The van der Waals surface area contributed by atoms with E-state index >= 15 is 0 Å². The van der Waals surface area contributed by atoms with E-state index in [4.69, 9.17) is 10.1 Å². The summed E-state index contributed by atoms with van der Waals surface area (Å²) in [7, 11) is 0. The SMILES string of the molecule is CCNc1nc(NCC)nc(N(CC)C(=N)OCC)n1. The van der Waals surface area contributed by atoms with Gasteiger partial charge in [0.15, 0.2) is 0 Å². The molecule has 8 nitrogen and oxygen atoms in total. The van der Waals surface area contributed by atoms with Gasteiger partial charge in [-0.25, -0.2) is 0 Å². The van der Waals surface area contributed by atoms with Crippen molar-refractivity contribution in [3.05, 3.63) is 0 Å². The van der Waals surface area contributed by atoms with Gasteiger partial charge in [-0.2, -0.15) is 15.0 Å². The van der Waals surface area contributed by atoms with E-state index in [9.17, 15) is 0 Å². The van der Waals surface area contributed by atoms with Crippen molar-refractivity contribution in [2.45, 2.75) is 27.7 Å². The summed E-state index contributed by atoms with van der Waals surface area (Å²) in [4.78, 5) is 14.5. The van der Waals surface area contributed by atoms with Gasteiger partial charge in [-0.05, 0) is 27.7 Å². The third-order valence-corrected chi connectivity index (χ3v) is 2.38. The lowest BCUT2D eigenvalue weighted by Crippen LogP contribution is -2.34. The Kier molecular flexibility index (Phi) is 6.48. The largest absolute Gasteiger partial charge is 0.465 e. The van der Waals surface area contributed by atoms with Gasteiger partial charge in [0.1, 0.15) is 0 Å². The lowest BCUT2D eigenvalue weighted by molar-refractivity contribution is 0.314. The van der Waals surface area contributed by atoms with E-state index in [1.807, 2.05) is 27.7 Å². The van der Waals surface area contributed by atoms with Gasteiger partial charge in [-0.15, -0.1) is 0 Å². The number of ether oxygens (including phenoxy) is 1. The summed E-state index contributed by atoms with van der Waals surface area (Å²) in [6.45, 7) is 10.1. The highest BCUT2D eigenvalue weighted by atomic mass is 16.5. The van der Waals surface area contributed by atoms with Gasteiger partial charge in [0.2, 0.25) is 17.8 Å². The number of hydrogen-bond donors (Lipinski definition) is 3. The Hall–Kier alpha value is -2.12. The summed E-state index contributed by atoms with van der Waals surface area (Å²) >= 11 is 0. The van der Waals surface area contributed by atoms with Crippen molar-refractivity contribution >= 4 is 23.9 Å². The molecule has 0 radical (unpaired) electrons. The van der Waals surface area contributed by atoms with Gasteiger partial charge < -0.3 is 15.4 Å². The molecule has 0 spiro atoms. The van der Waals surface area contributed by atoms with Crippen LogP contribution in [0.2, 0.25) is 0 Å². The van der Waals surface area contributed by atoms with Crippen LogP contribution in [0.5, 0.6) is 0 Å². The van der Waals surface area contributed by atoms with E-state index in [0.717, 1.165) is 0 Å². The molecule has 112 valence electrons. The second kappa shape index (κ2) is 8.13. The van der Waals surface area contributed by atoms with E-state index in [-0.39, 0.29) is 6.02 Å². The molecule has 3 N–H and O–H groups in total. The lowest BCUT2D eigenvalue weighted by Gasteiger charge is -2.21. The summed E-state index contributed by atoms with van der Waals surface area (Å²) in [6, 6.07) is 0.0334. The average molecular weight is 281 g/mol. The van der Waals surface area contributed by atoms with E-state index in [0.29, 0.717) is 44.1 Å². The van der Waals surface area contributed by atoms with Gasteiger partial charge in [0.05, 0.1) is 6.61 Å². The number of aromatic nitrogens is 3. The topological polar surface area (TPSA) is 99.1 Å². The molecule has 20 heavy (non-hydrogen) atoms. The smallest absolute Gasteiger partial charge is 0.291 e.